The number of benzene rings is 2. The summed E-state index contributed by atoms with van der Waals surface area (Å²) in [7, 11) is 0. The molecule has 0 bridgehead atoms. The van der Waals surface area contributed by atoms with E-state index in [1.807, 2.05) is 44.2 Å². The normalized spacial score (nSPS) is 14.7. The minimum atomic E-state index is -0.400. The zero-order valence-corrected chi connectivity index (χ0v) is 21.1. The van der Waals surface area contributed by atoms with Gasteiger partial charge < -0.3 is 0 Å². The summed E-state index contributed by atoms with van der Waals surface area (Å²) < 4.78 is 0. The van der Waals surface area contributed by atoms with Crippen LogP contribution in [0.25, 0.3) is 11.3 Å². The molecule has 1 aliphatic rings. The molecule has 34 heavy (non-hydrogen) atoms. The quantitative estimate of drug-likeness (QED) is 0.304. The van der Waals surface area contributed by atoms with Gasteiger partial charge in [-0.2, -0.15) is 15.2 Å². The number of rotatable bonds is 5. The summed E-state index contributed by atoms with van der Waals surface area (Å²) in [6, 6.07) is 14.7. The summed E-state index contributed by atoms with van der Waals surface area (Å²) in [6.07, 6.45) is 0. The first-order valence-corrected chi connectivity index (χ1v) is 12.5. The van der Waals surface area contributed by atoms with Crippen molar-refractivity contribution in [2.24, 2.45) is 10.2 Å². The van der Waals surface area contributed by atoms with Crippen LogP contribution in [0.1, 0.15) is 16.1 Å². The molecular formula is C23H16Cl2N6OS2. The average molecular weight is 527 g/mol. The number of hydrazone groups is 2. The number of hydrogen-bond donors (Lipinski definition) is 1. The van der Waals surface area contributed by atoms with Gasteiger partial charge in [-0.1, -0.05) is 59.6 Å². The van der Waals surface area contributed by atoms with Crippen molar-refractivity contribution in [2.75, 3.05) is 10.4 Å². The first kappa shape index (κ1) is 22.7. The van der Waals surface area contributed by atoms with E-state index in [1.165, 1.54) is 27.7 Å². The maximum Gasteiger partial charge on any atom is 0.303 e. The van der Waals surface area contributed by atoms with E-state index in [-0.39, 0.29) is 5.71 Å². The van der Waals surface area contributed by atoms with Crippen molar-refractivity contribution in [3.8, 4) is 11.3 Å². The number of hydrogen-bond acceptors (Lipinski definition) is 8. The van der Waals surface area contributed by atoms with Gasteiger partial charge in [-0.3, -0.25) is 10.2 Å². The Kier molecular flexibility index (Phi) is 6.18. The smallest absolute Gasteiger partial charge is 0.265 e. The Morgan fingerprint density at radius 1 is 1.00 bits per heavy atom. The van der Waals surface area contributed by atoms with Gasteiger partial charge in [0.2, 0.25) is 10.3 Å². The fourth-order valence-electron chi connectivity index (χ4n) is 3.26. The van der Waals surface area contributed by atoms with Crippen LogP contribution >= 0.6 is 45.9 Å². The van der Waals surface area contributed by atoms with Crippen LogP contribution in [0.15, 0.2) is 64.1 Å². The van der Waals surface area contributed by atoms with Crippen LogP contribution in [0.5, 0.6) is 0 Å². The lowest BCUT2D eigenvalue weighted by Gasteiger charge is -2.07. The molecule has 3 heterocycles. The summed E-state index contributed by atoms with van der Waals surface area (Å²) in [6.45, 7) is 3.91. The highest BCUT2D eigenvalue weighted by Gasteiger charge is 2.36. The predicted molar refractivity (Wildman–Crippen MR) is 141 cm³/mol. The van der Waals surface area contributed by atoms with E-state index in [4.69, 9.17) is 23.2 Å². The number of anilines is 2. The van der Waals surface area contributed by atoms with E-state index >= 15 is 0 Å². The highest BCUT2D eigenvalue weighted by Crippen LogP contribution is 2.37. The molecule has 0 radical (unpaired) electrons. The molecule has 5 rings (SSSR count). The van der Waals surface area contributed by atoms with Crippen molar-refractivity contribution in [2.45, 2.75) is 13.8 Å². The Morgan fingerprint density at radius 2 is 1.74 bits per heavy atom. The second-order valence-corrected chi connectivity index (χ2v) is 10.1. The SMILES string of the molecule is Cc1nc(N/N=C2\C(=O)N(c3nc(-c4c(Cl)cccc4Cl)cs3)N=C2c2ccccc2)sc1C. The van der Waals surface area contributed by atoms with E-state index in [0.717, 1.165) is 16.1 Å². The third-order valence-corrected chi connectivity index (χ3v) is 7.47. The summed E-state index contributed by atoms with van der Waals surface area (Å²) in [4.78, 5) is 23.5. The van der Waals surface area contributed by atoms with Gasteiger partial charge in [-0.05, 0) is 26.0 Å². The average Bonchev–Trinajstić information content (AvgIpc) is 3.51. The molecule has 1 amide bonds. The summed E-state index contributed by atoms with van der Waals surface area (Å²) >= 11 is 15.4. The fraction of sp³-hybridized carbons (Fsp3) is 0.0870. The van der Waals surface area contributed by atoms with Gasteiger partial charge in [0.15, 0.2) is 5.71 Å². The van der Waals surface area contributed by atoms with Crippen LogP contribution in [-0.2, 0) is 4.79 Å². The van der Waals surface area contributed by atoms with E-state index in [1.54, 1.807) is 23.6 Å². The molecule has 1 aliphatic heterocycles. The van der Waals surface area contributed by atoms with E-state index in [2.05, 4.69) is 25.6 Å². The standard InChI is InChI=1S/C23H16Cl2N6OS2/c1-12-13(2)34-22(26-12)29-28-20-19(14-7-4-3-5-8-14)30-31(21(20)32)23-27-17(11-33-23)18-15(24)9-6-10-16(18)25/h3-11H,1-2H3,(H,26,29)/b28-20-. The Hall–Kier alpha value is -3.11. The molecule has 0 fully saturated rings. The summed E-state index contributed by atoms with van der Waals surface area (Å²) in [5.41, 5.74) is 6.37. The van der Waals surface area contributed by atoms with Gasteiger partial charge in [0.1, 0.15) is 5.71 Å². The van der Waals surface area contributed by atoms with Gasteiger partial charge in [0.25, 0.3) is 0 Å². The third kappa shape index (κ3) is 4.23. The molecule has 0 saturated heterocycles. The minimum absolute atomic E-state index is 0.171. The van der Waals surface area contributed by atoms with E-state index in [0.29, 0.717) is 37.3 Å². The first-order chi connectivity index (χ1) is 16.4. The largest absolute Gasteiger partial charge is 0.303 e. The molecule has 2 aromatic carbocycles. The summed E-state index contributed by atoms with van der Waals surface area (Å²) in [5, 5.41) is 13.9. The number of thiazole rings is 2. The number of carbonyl (C=O) groups is 1. The van der Waals surface area contributed by atoms with Gasteiger partial charge in [0.05, 0.1) is 21.4 Å². The summed E-state index contributed by atoms with van der Waals surface area (Å²) in [5.74, 6) is -0.400. The third-order valence-electron chi connectivity index (χ3n) is 5.05. The lowest BCUT2D eigenvalue weighted by atomic mass is 10.1. The second kappa shape index (κ2) is 9.27. The lowest BCUT2D eigenvalue weighted by Crippen LogP contribution is -2.28. The second-order valence-electron chi connectivity index (χ2n) is 7.28. The number of halogens is 2. The Balaban J connectivity index is 1.52. The van der Waals surface area contributed by atoms with Gasteiger partial charge in [-0.25, -0.2) is 9.97 Å². The molecule has 0 atom stereocenters. The Morgan fingerprint density at radius 3 is 2.41 bits per heavy atom. The van der Waals surface area contributed by atoms with Crippen LogP contribution in [0.2, 0.25) is 10.0 Å². The Bertz CT molecular complexity index is 1420. The highest BCUT2D eigenvalue weighted by molar-refractivity contribution is 7.15. The molecule has 7 nitrogen and oxygen atoms in total. The van der Waals surface area contributed by atoms with Crippen LogP contribution in [0.3, 0.4) is 0 Å². The van der Waals surface area contributed by atoms with E-state index in [9.17, 15) is 4.79 Å². The minimum Gasteiger partial charge on any atom is -0.265 e. The molecular weight excluding hydrogens is 511 g/mol. The number of aryl methyl sites for hydroxylation is 2. The van der Waals surface area contributed by atoms with E-state index < -0.39 is 5.91 Å². The molecule has 0 saturated carbocycles. The van der Waals surface area contributed by atoms with Crippen LogP contribution in [0, 0.1) is 13.8 Å². The zero-order valence-electron chi connectivity index (χ0n) is 17.9. The number of amides is 1. The van der Waals surface area contributed by atoms with Crippen molar-refractivity contribution in [1.82, 2.24) is 9.97 Å². The predicted octanol–water partition coefficient (Wildman–Crippen LogP) is 6.41. The highest BCUT2D eigenvalue weighted by atomic mass is 35.5. The van der Waals surface area contributed by atoms with Crippen LogP contribution < -0.4 is 10.4 Å². The lowest BCUT2D eigenvalue weighted by molar-refractivity contribution is -0.112. The van der Waals surface area contributed by atoms with Crippen molar-refractivity contribution >= 4 is 73.5 Å². The van der Waals surface area contributed by atoms with Crippen LogP contribution in [-0.4, -0.2) is 27.3 Å². The number of nitrogens with zero attached hydrogens (tertiary/aromatic N) is 5. The fourth-order valence-corrected chi connectivity index (χ4v) is 5.37. The topological polar surface area (TPSA) is 82.8 Å². The monoisotopic (exact) mass is 526 g/mol. The number of aromatic nitrogens is 2. The van der Waals surface area contributed by atoms with Gasteiger partial charge in [0, 0.05) is 21.4 Å². The Labute approximate surface area is 213 Å². The van der Waals surface area contributed by atoms with Crippen molar-refractivity contribution in [3.05, 3.63) is 80.1 Å². The number of nitrogens with one attached hydrogen (secondary N) is 1. The maximum absolute atomic E-state index is 13.4. The molecule has 1 N–H and O–H groups in total. The molecule has 170 valence electrons. The molecule has 11 heteroatoms. The zero-order chi connectivity index (χ0) is 23.8. The number of carbonyl (C=O) groups excluding carboxylic acids is 1. The van der Waals surface area contributed by atoms with Gasteiger partial charge in [-0.15, -0.1) is 22.7 Å². The first-order valence-electron chi connectivity index (χ1n) is 10.1. The van der Waals surface area contributed by atoms with Crippen molar-refractivity contribution in [1.29, 1.82) is 0 Å². The maximum atomic E-state index is 13.4. The molecule has 4 aromatic rings. The molecule has 0 spiro atoms. The van der Waals surface area contributed by atoms with Crippen molar-refractivity contribution < 1.29 is 4.79 Å². The van der Waals surface area contributed by atoms with Crippen molar-refractivity contribution in [3.63, 3.8) is 0 Å². The van der Waals surface area contributed by atoms with Crippen LogP contribution in [0.4, 0.5) is 10.3 Å². The molecule has 0 aliphatic carbocycles. The van der Waals surface area contributed by atoms with Gasteiger partial charge >= 0.3 is 5.91 Å². The molecule has 2 aromatic heterocycles. The molecule has 0 unspecified atom stereocenters.